The average Bonchev–Trinajstić information content (AvgIpc) is 3.22. The SMILES string of the molecule is Cc1nn2cc(-c3ccc(I)cc3)cc2c2c(C)n(C3CCCCC3)c(C)c12. The van der Waals surface area contributed by atoms with Crippen molar-refractivity contribution in [2.45, 2.75) is 58.9 Å². The van der Waals surface area contributed by atoms with Crippen LogP contribution in [0.5, 0.6) is 0 Å². The van der Waals surface area contributed by atoms with Crippen LogP contribution in [0.15, 0.2) is 36.5 Å². The van der Waals surface area contributed by atoms with Crippen molar-refractivity contribution in [2.24, 2.45) is 0 Å². The van der Waals surface area contributed by atoms with E-state index in [9.17, 15) is 0 Å². The number of aryl methyl sites for hydroxylation is 3. The molecule has 0 bridgehead atoms. The van der Waals surface area contributed by atoms with Gasteiger partial charge in [-0.05, 0) is 80.0 Å². The van der Waals surface area contributed by atoms with Crippen molar-refractivity contribution in [3.8, 4) is 11.1 Å². The molecule has 0 N–H and O–H groups in total. The monoisotopic (exact) mass is 483 g/mol. The van der Waals surface area contributed by atoms with Crippen LogP contribution < -0.4 is 0 Å². The number of fused-ring (bicyclic) bond motifs is 3. The zero-order valence-corrected chi connectivity index (χ0v) is 19.0. The van der Waals surface area contributed by atoms with Gasteiger partial charge in [-0.1, -0.05) is 31.4 Å². The Hall–Kier alpha value is -1.82. The van der Waals surface area contributed by atoms with Gasteiger partial charge in [0.05, 0.1) is 11.2 Å². The lowest BCUT2D eigenvalue weighted by Crippen LogP contribution is -2.15. The Labute approximate surface area is 179 Å². The van der Waals surface area contributed by atoms with Crippen molar-refractivity contribution in [3.63, 3.8) is 0 Å². The van der Waals surface area contributed by atoms with Crippen LogP contribution in [0.4, 0.5) is 0 Å². The van der Waals surface area contributed by atoms with E-state index in [4.69, 9.17) is 5.10 Å². The molecule has 144 valence electrons. The molecular weight excluding hydrogens is 457 g/mol. The highest BCUT2D eigenvalue weighted by Gasteiger charge is 2.24. The minimum absolute atomic E-state index is 0.645. The van der Waals surface area contributed by atoms with Gasteiger partial charge < -0.3 is 4.57 Å². The second kappa shape index (κ2) is 6.90. The van der Waals surface area contributed by atoms with Crippen LogP contribution in [0.25, 0.3) is 27.4 Å². The zero-order valence-electron chi connectivity index (χ0n) is 16.8. The number of aromatic nitrogens is 3. The summed E-state index contributed by atoms with van der Waals surface area (Å²) >= 11 is 2.36. The number of rotatable bonds is 2. The minimum Gasteiger partial charge on any atom is -0.345 e. The third-order valence-corrected chi connectivity index (χ3v) is 7.21. The highest BCUT2D eigenvalue weighted by molar-refractivity contribution is 14.1. The normalized spacial score (nSPS) is 15.7. The molecule has 0 saturated heterocycles. The average molecular weight is 483 g/mol. The Morgan fingerprint density at radius 2 is 1.57 bits per heavy atom. The first-order valence-electron chi connectivity index (χ1n) is 10.3. The molecular formula is C24H26IN3. The van der Waals surface area contributed by atoms with E-state index in [0.717, 1.165) is 5.69 Å². The molecule has 0 radical (unpaired) electrons. The first kappa shape index (κ1) is 18.2. The van der Waals surface area contributed by atoms with E-state index in [2.05, 4.69) is 89.0 Å². The van der Waals surface area contributed by atoms with E-state index >= 15 is 0 Å². The van der Waals surface area contributed by atoms with E-state index in [1.807, 2.05) is 0 Å². The van der Waals surface area contributed by atoms with Crippen LogP contribution in [0.1, 0.15) is 55.2 Å². The van der Waals surface area contributed by atoms with Crippen molar-refractivity contribution in [2.75, 3.05) is 0 Å². The Kier molecular flexibility index (Phi) is 4.49. The summed E-state index contributed by atoms with van der Waals surface area (Å²) in [6, 6.07) is 11.7. The highest BCUT2D eigenvalue weighted by Crippen LogP contribution is 2.38. The topological polar surface area (TPSA) is 22.2 Å². The molecule has 1 aliphatic rings. The molecule has 0 atom stereocenters. The molecule has 4 aromatic rings. The minimum atomic E-state index is 0.645. The molecule has 1 saturated carbocycles. The predicted molar refractivity (Wildman–Crippen MR) is 125 cm³/mol. The number of benzene rings is 1. The molecule has 3 heterocycles. The maximum atomic E-state index is 4.93. The Balaban J connectivity index is 1.75. The van der Waals surface area contributed by atoms with Gasteiger partial charge in [-0.2, -0.15) is 5.10 Å². The van der Waals surface area contributed by atoms with E-state index in [1.165, 1.54) is 74.5 Å². The van der Waals surface area contributed by atoms with Crippen molar-refractivity contribution >= 4 is 38.9 Å². The van der Waals surface area contributed by atoms with Crippen LogP contribution in [0.3, 0.4) is 0 Å². The Bertz CT molecular complexity index is 1170. The number of nitrogens with zero attached hydrogens (tertiary/aromatic N) is 3. The molecule has 0 spiro atoms. The van der Waals surface area contributed by atoms with Gasteiger partial charge in [-0.3, -0.25) is 0 Å². The molecule has 0 aliphatic heterocycles. The van der Waals surface area contributed by atoms with Crippen LogP contribution in [0.2, 0.25) is 0 Å². The van der Waals surface area contributed by atoms with Crippen LogP contribution in [0, 0.1) is 24.3 Å². The Morgan fingerprint density at radius 3 is 2.29 bits per heavy atom. The van der Waals surface area contributed by atoms with Gasteiger partial charge in [0.2, 0.25) is 0 Å². The second-order valence-corrected chi connectivity index (χ2v) is 9.48. The van der Waals surface area contributed by atoms with Gasteiger partial charge in [0, 0.05) is 43.5 Å². The largest absolute Gasteiger partial charge is 0.345 e. The van der Waals surface area contributed by atoms with Gasteiger partial charge in [0.25, 0.3) is 0 Å². The summed E-state index contributed by atoms with van der Waals surface area (Å²) in [5.41, 5.74) is 7.63. The summed E-state index contributed by atoms with van der Waals surface area (Å²) in [6.07, 6.45) is 8.88. The van der Waals surface area contributed by atoms with Gasteiger partial charge in [0.15, 0.2) is 0 Å². The van der Waals surface area contributed by atoms with Crippen LogP contribution >= 0.6 is 22.6 Å². The lowest BCUT2D eigenvalue weighted by Gasteiger charge is -2.26. The fraction of sp³-hybridized carbons (Fsp3) is 0.375. The fourth-order valence-electron chi connectivity index (χ4n) is 5.23. The quantitative estimate of drug-likeness (QED) is 0.282. The molecule has 1 aliphatic carbocycles. The lowest BCUT2D eigenvalue weighted by atomic mass is 9.95. The number of hydrogen-bond donors (Lipinski definition) is 0. The summed E-state index contributed by atoms with van der Waals surface area (Å²) in [4.78, 5) is 0. The van der Waals surface area contributed by atoms with Gasteiger partial charge in [-0.15, -0.1) is 0 Å². The summed E-state index contributed by atoms with van der Waals surface area (Å²) in [6.45, 7) is 6.75. The van der Waals surface area contributed by atoms with Crippen molar-refractivity contribution in [3.05, 3.63) is 57.2 Å². The second-order valence-electron chi connectivity index (χ2n) is 8.23. The van der Waals surface area contributed by atoms with E-state index in [0.29, 0.717) is 6.04 Å². The van der Waals surface area contributed by atoms with Crippen LogP contribution in [-0.4, -0.2) is 14.2 Å². The third-order valence-electron chi connectivity index (χ3n) is 6.49. The zero-order chi connectivity index (χ0) is 19.4. The van der Waals surface area contributed by atoms with E-state index in [1.54, 1.807) is 0 Å². The highest BCUT2D eigenvalue weighted by atomic mass is 127. The summed E-state index contributed by atoms with van der Waals surface area (Å²) in [5, 5.41) is 7.66. The van der Waals surface area contributed by atoms with Gasteiger partial charge in [0.1, 0.15) is 0 Å². The van der Waals surface area contributed by atoms with Crippen molar-refractivity contribution in [1.29, 1.82) is 0 Å². The molecule has 1 aromatic carbocycles. The van der Waals surface area contributed by atoms with Crippen molar-refractivity contribution in [1.82, 2.24) is 14.2 Å². The maximum absolute atomic E-state index is 4.93. The summed E-state index contributed by atoms with van der Waals surface area (Å²) in [5.74, 6) is 0. The van der Waals surface area contributed by atoms with Crippen molar-refractivity contribution < 1.29 is 0 Å². The molecule has 5 rings (SSSR count). The first-order valence-corrected chi connectivity index (χ1v) is 11.4. The summed E-state index contributed by atoms with van der Waals surface area (Å²) < 4.78 is 5.97. The van der Waals surface area contributed by atoms with Gasteiger partial charge >= 0.3 is 0 Å². The van der Waals surface area contributed by atoms with E-state index < -0.39 is 0 Å². The maximum Gasteiger partial charge on any atom is 0.0749 e. The number of hydrogen-bond acceptors (Lipinski definition) is 1. The molecule has 4 heteroatoms. The lowest BCUT2D eigenvalue weighted by molar-refractivity contribution is 0.346. The van der Waals surface area contributed by atoms with Crippen LogP contribution in [-0.2, 0) is 0 Å². The molecule has 1 fully saturated rings. The standard InChI is InChI=1S/C24H26IN3/c1-15-23-16(2)28(21-7-5-4-6-8-21)17(3)24(23)22-13-19(14-27(22)26-15)18-9-11-20(25)12-10-18/h9-14,21H,4-8H2,1-3H3. The third kappa shape index (κ3) is 2.79. The molecule has 0 amide bonds. The smallest absolute Gasteiger partial charge is 0.0749 e. The first-order chi connectivity index (χ1) is 13.5. The molecule has 3 aromatic heterocycles. The fourth-order valence-corrected chi connectivity index (χ4v) is 5.59. The number of halogens is 1. The molecule has 0 unspecified atom stereocenters. The predicted octanol–water partition coefficient (Wildman–Crippen LogP) is 6.99. The molecule has 28 heavy (non-hydrogen) atoms. The summed E-state index contributed by atoms with van der Waals surface area (Å²) in [7, 11) is 0. The van der Waals surface area contributed by atoms with Gasteiger partial charge in [-0.25, -0.2) is 4.52 Å². The van der Waals surface area contributed by atoms with E-state index in [-0.39, 0.29) is 0 Å². The molecule has 3 nitrogen and oxygen atoms in total. The Morgan fingerprint density at radius 1 is 0.893 bits per heavy atom.